The van der Waals surface area contributed by atoms with Crippen molar-refractivity contribution in [3.63, 3.8) is 0 Å². The van der Waals surface area contributed by atoms with Crippen LogP contribution in [0.3, 0.4) is 0 Å². The van der Waals surface area contributed by atoms with Crippen molar-refractivity contribution in [2.75, 3.05) is 33.8 Å². The van der Waals surface area contributed by atoms with E-state index in [9.17, 15) is 9.59 Å². The summed E-state index contributed by atoms with van der Waals surface area (Å²) in [5.41, 5.74) is -0.523. The van der Waals surface area contributed by atoms with Gasteiger partial charge in [0.1, 0.15) is 5.60 Å². The van der Waals surface area contributed by atoms with Crippen LogP contribution in [0.25, 0.3) is 0 Å². The first-order valence-electron chi connectivity index (χ1n) is 9.98. The van der Waals surface area contributed by atoms with Gasteiger partial charge in [-0.2, -0.15) is 0 Å². The fourth-order valence-electron chi connectivity index (χ4n) is 2.99. The van der Waals surface area contributed by atoms with Crippen LogP contribution in [0, 0.1) is 0 Å². The van der Waals surface area contributed by atoms with Crippen molar-refractivity contribution in [2.24, 2.45) is 4.99 Å². The number of hydrogen-bond acceptors (Lipinski definition) is 5. The minimum Gasteiger partial charge on any atom is -0.453 e. The van der Waals surface area contributed by atoms with E-state index in [0.717, 1.165) is 25.7 Å². The highest BCUT2D eigenvalue weighted by Crippen LogP contribution is 2.11. The highest BCUT2D eigenvalue weighted by molar-refractivity contribution is 14.0. The number of carbonyl (C=O) groups excluding carboxylic acids is 2. The molecule has 170 valence electrons. The zero-order chi connectivity index (χ0) is 21.2. The number of likely N-dealkylation sites (tertiary alicyclic amines) is 1. The largest absolute Gasteiger partial charge is 0.453 e. The number of aliphatic imine (C=N–C) groups is 1. The maximum Gasteiger partial charge on any atom is 0.409 e. The van der Waals surface area contributed by atoms with Crippen LogP contribution >= 0.6 is 24.0 Å². The average molecular weight is 527 g/mol. The molecule has 1 aliphatic heterocycles. The summed E-state index contributed by atoms with van der Waals surface area (Å²) in [6.45, 7) is 9.46. The van der Waals surface area contributed by atoms with Gasteiger partial charge in [0.15, 0.2) is 5.96 Å². The van der Waals surface area contributed by atoms with Crippen LogP contribution < -0.4 is 16.0 Å². The third-order valence-electron chi connectivity index (χ3n) is 4.37. The number of amides is 2. The number of halogens is 1. The summed E-state index contributed by atoms with van der Waals surface area (Å²) in [7, 11) is 3.12. The molecule has 9 nitrogen and oxygen atoms in total. The summed E-state index contributed by atoms with van der Waals surface area (Å²) < 4.78 is 10.1. The Morgan fingerprint density at radius 1 is 1.24 bits per heavy atom. The first kappa shape index (κ1) is 27.5. The smallest absolute Gasteiger partial charge is 0.409 e. The van der Waals surface area contributed by atoms with Crippen molar-refractivity contribution >= 4 is 42.1 Å². The number of hydrogen-bond donors (Lipinski definition) is 3. The Kier molecular flexibility index (Phi) is 13.0. The molecule has 2 amide bonds. The number of rotatable bonds is 6. The topological polar surface area (TPSA) is 104 Å². The third kappa shape index (κ3) is 11.3. The molecule has 3 N–H and O–H groups in total. The number of carbonyl (C=O) groups is 2. The Bertz CT molecular complexity index is 531. The molecule has 0 aromatic heterocycles. The van der Waals surface area contributed by atoms with Gasteiger partial charge < -0.3 is 30.3 Å². The van der Waals surface area contributed by atoms with E-state index in [4.69, 9.17) is 9.47 Å². The first-order valence-corrected chi connectivity index (χ1v) is 9.98. The zero-order valence-electron chi connectivity index (χ0n) is 18.5. The van der Waals surface area contributed by atoms with Crippen molar-refractivity contribution in [1.29, 1.82) is 0 Å². The van der Waals surface area contributed by atoms with E-state index >= 15 is 0 Å². The van der Waals surface area contributed by atoms with Crippen LogP contribution in [0.15, 0.2) is 4.99 Å². The number of ether oxygens (including phenoxy) is 2. The molecule has 0 saturated carbocycles. The molecule has 0 aliphatic carbocycles. The van der Waals surface area contributed by atoms with Gasteiger partial charge in [0.05, 0.1) is 7.11 Å². The summed E-state index contributed by atoms with van der Waals surface area (Å²) in [5, 5.41) is 9.58. The Hall–Kier alpha value is -1.46. The zero-order valence-corrected chi connectivity index (χ0v) is 20.9. The molecule has 1 saturated heterocycles. The van der Waals surface area contributed by atoms with Crippen molar-refractivity contribution in [3.8, 4) is 0 Å². The second-order valence-electron chi connectivity index (χ2n) is 7.96. The highest BCUT2D eigenvalue weighted by Gasteiger charge is 2.24. The van der Waals surface area contributed by atoms with E-state index in [-0.39, 0.29) is 42.2 Å². The van der Waals surface area contributed by atoms with Gasteiger partial charge in [0.25, 0.3) is 0 Å². The molecular formula is C19H38IN5O4. The lowest BCUT2D eigenvalue weighted by Gasteiger charge is -2.32. The van der Waals surface area contributed by atoms with E-state index in [1.54, 1.807) is 11.9 Å². The quantitative estimate of drug-likeness (QED) is 0.279. The van der Waals surface area contributed by atoms with Crippen LogP contribution in [0.5, 0.6) is 0 Å². The molecule has 1 fully saturated rings. The van der Waals surface area contributed by atoms with Crippen molar-refractivity contribution in [1.82, 2.24) is 20.9 Å². The van der Waals surface area contributed by atoms with E-state index in [0.29, 0.717) is 25.6 Å². The van der Waals surface area contributed by atoms with Crippen molar-refractivity contribution in [3.05, 3.63) is 0 Å². The molecule has 29 heavy (non-hydrogen) atoms. The van der Waals surface area contributed by atoms with Gasteiger partial charge in [0.2, 0.25) is 0 Å². The molecule has 0 bridgehead atoms. The molecule has 1 heterocycles. The van der Waals surface area contributed by atoms with E-state index < -0.39 is 11.7 Å². The minimum absolute atomic E-state index is 0. The number of alkyl carbamates (subject to hydrolysis) is 1. The van der Waals surface area contributed by atoms with Crippen LogP contribution in [0.4, 0.5) is 9.59 Å². The molecular weight excluding hydrogens is 489 g/mol. The Morgan fingerprint density at radius 3 is 2.34 bits per heavy atom. The van der Waals surface area contributed by atoms with E-state index in [1.807, 2.05) is 20.8 Å². The monoisotopic (exact) mass is 527 g/mol. The van der Waals surface area contributed by atoms with Gasteiger partial charge in [-0.3, -0.25) is 4.99 Å². The molecule has 1 atom stereocenters. The van der Waals surface area contributed by atoms with Gasteiger partial charge >= 0.3 is 12.2 Å². The highest BCUT2D eigenvalue weighted by atomic mass is 127. The Morgan fingerprint density at radius 2 is 1.86 bits per heavy atom. The molecule has 0 aromatic carbocycles. The molecule has 0 spiro atoms. The van der Waals surface area contributed by atoms with Crippen molar-refractivity contribution in [2.45, 2.75) is 71.1 Å². The molecule has 10 heteroatoms. The summed E-state index contributed by atoms with van der Waals surface area (Å²) in [4.78, 5) is 29.6. The van der Waals surface area contributed by atoms with Gasteiger partial charge in [-0.25, -0.2) is 9.59 Å². The summed E-state index contributed by atoms with van der Waals surface area (Å²) in [5.74, 6) is 0.684. The molecule has 1 unspecified atom stereocenters. The van der Waals surface area contributed by atoms with Crippen LogP contribution in [0.2, 0.25) is 0 Å². The molecule has 0 radical (unpaired) electrons. The molecule has 0 aromatic rings. The molecule has 1 aliphatic rings. The third-order valence-corrected chi connectivity index (χ3v) is 4.37. The number of nitrogens with one attached hydrogen (secondary N) is 3. The average Bonchev–Trinajstić information content (AvgIpc) is 2.63. The lowest BCUT2D eigenvalue weighted by molar-refractivity contribution is 0.0502. The minimum atomic E-state index is -0.523. The summed E-state index contributed by atoms with van der Waals surface area (Å²) >= 11 is 0. The fraction of sp³-hybridized carbons (Fsp3) is 0.842. The maximum atomic E-state index is 12.0. The number of piperidine rings is 1. The van der Waals surface area contributed by atoms with Crippen LogP contribution in [0.1, 0.15) is 53.4 Å². The predicted octanol–water partition coefficient (Wildman–Crippen LogP) is 2.69. The Labute approximate surface area is 191 Å². The van der Waals surface area contributed by atoms with Crippen LogP contribution in [-0.4, -0.2) is 74.5 Å². The van der Waals surface area contributed by atoms with Gasteiger partial charge in [-0.1, -0.05) is 13.3 Å². The lowest BCUT2D eigenvalue weighted by atomic mass is 10.1. The predicted molar refractivity (Wildman–Crippen MR) is 125 cm³/mol. The normalized spacial score (nSPS) is 16.3. The van der Waals surface area contributed by atoms with E-state index in [1.165, 1.54) is 7.11 Å². The van der Waals surface area contributed by atoms with Crippen LogP contribution in [-0.2, 0) is 9.47 Å². The molecule has 1 rings (SSSR count). The Balaban J connectivity index is 0.00000784. The summed E-state index contributed by atoms with van der Waals surface area (Å²) in [6, 6.07) is 0.176. The standard InChI is InChI=1S/C19H37N5O4.HI/c1-7-8-15(23-17(25)28-19(2,3)4)13-21-16(20-5)22-14-9-11-24(12-10-14)18(26)27-6;/h14-15H,7-13H2,1-6H3,(H,23,25)(H2,20,21,22);1H. The first-order chi connectivity index (χ1) is 13.2. The second-order valence-corrected chi connectivity index (χ2v) is 7.96. The maximum absolute atomic E-state index is 12.0. The van der Waals surface area contributed by atoms with Gasteiger partial charge in [-0.05, 0) is 40.0 Å². The van der Waals surface area contributed by atoms with E-state index in [2.05, 4.69) is 27.9 Å². The SMILES string of the molecule is CCCC(CNC(=NC)NC1CCN(C(=O)OC)CC1)NC(=O)OC(C)(C)C.I. The summed E-state index contributed by atoms with van der Waals surface area (Å²) in [6.07, 6.45) is 2.73. The van der Waals surface area contributed by atoms with Crippen molar-refractivity contribution < 1.29 is 19.1 Å². The second kappa shape index (κ2) is 13.7. The number of methoxy groups -OCH3 is 1. The lowest BCUT2D eigenvalue weighted by Crippen LogP contribution is -2.52. The number of nitrogens with zero attached hydrogens (tertiary/aromatic N) is 2. The van der Waals surface area contributed by atoms with Gasteiger partial charge in [0, 0.05) is 38.8 Å². The fourth-order valence-corrected chi connectivity index (χ4v) is 2.99. The van der Waals surface area contributed by atoms with Gasteiger partial charge in [-0.15, -0.1) is 24.0 Å². The number of guanidine groups is 1.